The minimum Gasteiger partial charge on any atom is -0.342 e. The van der Waals surface area contributed by atoms with Gasteiger partial charge in [0.05, 0.1) is 0 Å². The molecule has 112 valence electrons. The quantitative estimate of drug-likeness (QED) is 0.809. The zero-order chi connectivity index (χ0) is 15.0. The average molecular weight is 286 g/mol. The lowest BCUT2D eigenvalue weighted by Crippen LogP contribution is -2.43. The number of piperidine rings is 1. The first kappa shape index (κ1) is 14.0. The van der Waals surface area contributed by atoms with Crippen LogP contribution in [-0.2, 0) is 4.79 Å². The topological polar surface area (TPSA) is 50.5 Å². The maximum Gasteiger partial charge on any atom is 0.227 e. The number of rotatable bonds is 1. The van der Waals surface area contributed by atoms with E-state index in [1.807, 2.05) is 50.1 Å². The standard InChI is InChI=1S/C16H22N4O/c1-16(2,3)15(21)19-10-7-12(8-11-19)14-18-17-13-6-4-5-9-20(13)14/h4-6,9,12H,7-8,10-11H2,1-3H3. The second-order valence-corrected chi connectivity index (χ2v) is 6.80. The van der Waals surface area contributed by atoms with Gasteiger partial charge in [0.15, 0.2) is 5.65 Å². The molecule has 5 nitrogen and oxygen atoms in total. The number of fused-ring (bicyclic) bond motifs is 1. The van der Waals surface area contributed by atoms with E-state index in [0.717, 1.165) is 37.4 Å². The van der Waals surface area contributed by atoms with Gasteiger partial charge in [0.2, 0.25) is 5.91 Å². The molecule has 1 aliphatic heterocycles. The fourth-order valence-electron chi connectivity index (χ4n) is 2.95. The van der Waals surface area contributed by atoms with Crippen LogP contribution in [0.15, 0.2) is 24.4 Å². The molecular weight excluding hydrogens is 264 g/mol. The molecule has 1 amide bonds. The molecule has 2 aromatic heterocycles. The molecule has 2 aromatic rings. The number of hydrogen-bond donors (Lipinski definition) is 0. The van der Waals surface area contributed by atoms with Crippen LogP contribution >= 0.6 is 0 Å². The molecule has 0 radical (unpaired) electrons. The normalized spacial score (nSPS) is 17.4. The zero-order valence-corrected chi connectivity index (χ0v) is 12.9. The summed E-state index contributed by atoms with van der Waals surface area (Å²) in [5.41, 5.74) is 0.592. The highest BCUT2D eigenvalue weighted by atomic mass is 16.2. The van der Waals surface area contributed by atoms with Crippen molar-refractivity contribution in [2.75, 3.05) is 13.1 Å². The third kappa shape index (κ3) is 2.64. The highest BCUT2D eigenvalue weighted by molar-refractivity contribution is 5.81. The average Bonchev–Trinajstić information content (AvgIpc) is 2.90. The van der Waals surface area contributed by atoms with Crippen LogP contribution in [0.3, 0.4) is 0 Å². The Bertz CT molecular complexity index is 648. The Kier molecular flexibility index (Phi) is 3.43. The molecule has 1 aliphatic rings. The van der Waals surface area contributed by atoms with Gasteiger partial charge in [-0.2, -0.15) is 0 Å². The van der Waals surface area contributed by atoms with E-state index in [0.29, 0.717) is 5.92 Å². The van der Waals surface area contributed by atoms with Gasteiger partial charge in [-0.15, -0.1) is 10.2 Å². The highest BCUT2D eigenvalue weighted by Gasteiger charge is 2.31. The lowest BCUT2D eigenvalue weighted by molar-refractivity contribution is -0.140. The lowest BCUT2D eigenvalue weighted by Gasteiger charge is -2.35. The van der Waals surface area contributed by atoms with Crippen LogP contribution in [0.1, 0.15) is 45.4 Å². The molecule has 3 rings (SSSR count). The molecule has 0 N–H and O–H groups in total. The maximum absolute atomic E-state index is 12.3. The lowest BCUT2D eigenvalue weighted by atomic mass is 9.91. The van der Waals surface area contributed by atoms with Crippen molar-refractivity contribution in [1.29, 1.82) is 0 Å². The minimum atomic E-state index is -0.297. The number of nitrogens with zero attached hydrogens (tertiary/aromatic N) is 4. The van der Waals surface area contributed by atoms with E-state index < -0.39 is 0 Å². The molecule has 21 heavy (non-hydrogen) atoms. The predicted octanol–water partition coefficient (Wildman–Crippen LogP) is 2.48. The number of hydrogen-bond acceptors (Lipinski definition) is 3. The Morgan fingerprint density at radius 1 is 1.19 bits per heavy atom. The first-order chi connectivity index (χ1) is 9.97. The third-order valence-corrected chi connectivity index (χ3v) is 4.13. The Labute approximate surface area is 125 Å². The summed E-state index contributed by atoms with van der Waals surface area (Å²) in [5.74, 6) is 1.65. The summed E-state index contributed by atoms with van der Waals surface area (Å²) in [6, 6.07) is 5.94. The van der Waals surface area contributed by atoms with Gasteiger partial charge in [0, 0.05) is 30.6 Å². The van der Waals surface area contributed by atoms with Crippen molar-refractivity contribution in [2.24, 2.45) is 5.41 Å². The van der Waals surface area contributed by atoms with E-state index in [1.54, 1.807) is 0 Å². The molecular formula is C16H22N4O. The van der Waals surface area contributed by atoms with Crippen LogP contribution in [0.4, 0.5) is 0 Å². The van der Waals surface area contributed by atoms with E-state index >= 15 is 0 Å². The molecule has 0 aliphatic carbocycles. The Balaban J connectivity index is 1.73. The third-order valence-electron chi connectivity index (χ3n) is 4.13. The van der Waals surface area contributed by atoms with Gasteiger partial charge in [-0.25, -0.2) is 0 Å². The van der Waals surface area contributed by atoms with Crippen molar-refractivity contribution >= 4 is 11.6 Å². The van der Waals surface area contributed by atoms with Gasteiger partial charge in [-0.1, -0.05) is 26.8 Å². The minimum absolute atomic E-state index is 0.243. The van der Waals surface area contributed by atoms with Gasteiger partial charge in [0.25, 0.3) is 0 Å². The van der Waals surface area contributed by atoms with E-state index in [-0.39, 0.29) is 11.3 Å². The highest BCUT2D eigenvalue weighted by Crippen LogP contribution is 2.29. The van der Waals surface area contributed by atoms with Gasteiger partial charge in [-0.3, -0.25) is 9.20 Å². The smallest absolute Gasteiger partial charge is 0.227 e. The van der Waals surface area contributed by atoms with E-state index in [9.17, 15) is 4.79 Å². The number of aromatic nitrogens is 3. The molecule has 0 spiro atoms. The van der Waals surface area contributed by atoms with E-state index in [4.69, 9.17) is 0 Å². The fourth-order valence-corrected chi connectivity index (χ4v) is 2.95. The van der Waals surface area contributed by atoms with Crippen molar-refractivity contribution < 1.29 is 4.79 Å². The molecule has 0 aromatic carbocycles. The first-order valence-electron chi connectivity index (χ1n) is 7.56. The van der Waals surface area contributed by atoms with Crippen LogP contribution < -0.4 is 0 Å². The molecule has 1 fully saturated rings. The molecule has 1 saturated heterocycles. The second-order valence-electron chi connectivity index (χ2n) is 6.80. The number of carbonyl (C=O) groups is 1. The van der Waals surface area contributed by atoms with Crippen LogP contribution in [0.2, 0.25) is 0 Å². The Morgan fingerprint density at radius 2 is 1.90 bits per heavy atom. The summed E-state index contributed by atoms with van der Waals surface area (Å²) < 4.78 is 2.06. The largest absolute Gasteiger partial charge is 0.342 e. The monoisotopic (exact) mass is 286 g/mol. The van der Waals surface area contributed by atoms with Crippen LogP contribution in [0, 0.1) is 5.41 Å². The molecule has 0 atom stereocenters. The van der Waals surface area contributed by atoms with Crippen molar-refractivity contribution in [2.45, 2.75) is 39.5 Å². The summed E-state index contributed by atoms with van der Waals surface area (Å²) in [6.45, 7) is 7.55. The summed E-state index contributed by atoms with van der Waals surface area (Å²) in [6.07, 6.45) is 3.92. The zero-order valence-electron chi connectivity index (χ0n) is 12.9. The van der Waals surface area contributed by atoms with Gasteiger partial charge < -0.3 is 4.90 Å². The molecule has 0 unspecified atom stereocenters. The van der Waals surface area contributed by atoms with Gasteiger partial charge >= 0.3 is 0 Å². The fraction of sp³-hybridized carbons (Fsp3) is 0.562. The van der Waals surface area contributed by atoms with Crippen LogP contribution in [0.25, 0.3) is 5.65 Å². The summed E-state index contributed by atoms with van der Waals surface area (Å²) >= 11 is 0. The van der Waals surface area contributed by atoms with Crippen LogP contribution in [0.5, 0.6) is 0 Å². The Hall–Kier alpha value is -1.91. The predicted molar refractivity (Wildman–Crippen MR) is 81.0 cm³/mol. The number of likely N-dealkylation sites (tertiary alicyclic amines) is 1. The van der Waals surface area contributed by atoms with Gasteiger partial charge in [-0.05, 0) is 25.0 Å². The number of amides is 1. The SMILES string of the molecule is CC(C)(C)C(=O)N1CCC(c2nnc3ccccn23)CC1. The first-order valence-corrected chi connectivity index (χ1v) is 7.56. The van der Waals surface area contributed by atoms with Crippen molar-refractivity contribution in [3.8, 4) is 0 Å². The number of pyridine rings is 1. The van der Waals surface area contributed by atoms with Crippen molar-refractivity contribution in [3.05, 3.63) is 30.2 Å². The number of carbonyl (C=O) groups excluding carboxylic acids is 1. The summed E-state index contributed by atoms with van der Waals surface area (Å²) in [5, 5.41) is 8.57. The van der Waals surface area contributed by atoms with Crippen molar-refractivity contribution in [3.63, 3.8) is 0 Å². The van der Waals surface area contributed by atoms with Crippen molar-refractivity contribution in [1.82, 2.24) is 19.5 Å². The second kappa shape index (κ2) is 5.13. The van der Waals surface area contributed by atoms with E-state index in [1.165, 1.54) is 0 Å². The molecule has 0 saturated carbocycles. The molecule has 3 heterocycles. The van der Waals surface area contributed by atoms with E-state index in [2.05, 4.69) is 14.6 Å². The summed E-state index contributed by atoms with van der Waals surface area (Å²) in [7, 11) is 0. The Morgan fingerprint density at radius 3 is 2.57 bits per heavy atom. The summed E-state index contributed by atoms with van der Waals surface area (Å²) in [4.78, 5) is 14.3. The van der Waals surface area contributed by atoms with Crippen LogP contribution in [-0.4, -0.2) is 38.5 Å². The molecule has 0 bridgehead atoms. The maximum atomic E-state index is 12.3. The van der Waals surface area contributed by atoms with Gasteiger partial charge in [0.1, 0.15) is 5.82 Å². The molecule has 5 heteroatoms.